The molecular formula is C20H25N3O2. The summed E-state index contributed by atoms with van der Waals surface area (Å²) in [4.78, 5) is 24.2. The van der Waals surface area contributed by atoms with Crippen LogP contribution in [-0.4, -0.2) is 24.4 Å². The molecule has 25 heavy (non-hydrogen) atoms. The first-order valence-corrected chi connectivity index (χ1v) is 8.37. The zero-order valence-electron chi connectivity index (χ0n) is 15.1. The van der Waals surface area contributed by atoms with Crippen molar-refractivity contribution in [3.63, 3.8) is 0 Å². The lowest BCUT2D eigenvalue weighted by atomic mass is 10.1. The second kappa shape index (κ2) is 8.33. The fourth-order valence-electron chi connectivity index (χ4n) is 2.41. The van der Waals surface area contributed by atoms with E-state index >= 15 is 0 Å². The van der Waals surface area contributed by atoms with Crippen LogP contribution in [0.3, 0.4) is 0 Å². The molecule has 132 valence electrons. The van der Waals surface area contributed by atoms with Gasteiger partial charge in [0.2, 0.25) is 5.91 Å². The van der Waals surface area contributed by atoms with Crippen LogP contribution in [0.15, 0.2) is 42.5 Å². The van der Waals surface area contributed by atoms with Crippen LogP contribution in [0.5, 0.6) is 0 Å². The Morgan fingerprint density at radius 3 is 2.48 bits per heavy atom. The highest BCUT2D eigenvalue weighted by atomic mass is 16.2. The normalized spacial score (nSPS) is 10.4. The van der Waals surface area contributed by atoms with Gasteiger partial charge in [-0.05, 0) is 63.1 Å². The number of benzene rings is 2. The highest BCUT2D eigenvalue weighted by Gasteiger charge is 2.09. The highest BCUT2D eigenvalue weighted by Crippen LogP contribution is 2.17. The largest absolute Gasteiger partial charge is 0.376 e. The summed E-state index contributed by atoms with van der Waals surface area (Å²) >= 11 is 0. The lowest BCUT2D eigenvalue weighted by Gasteiger charge is -2.12. The van der Waals surface area contributed by atoms with Gasteiger partial charge in [-0.2, -0.15) is 0 Å². The molecule has 0 aliphatic rings. The predicted octanol–water partition coefficient (Wildman–Crippen LogP) is 3.49. The zero-order valence-corrected chi connectivity index (χ0v) is 15.1. The standard InChI is InChI=1S/C20H25N3O2/c1-13(2)22-20(25)16-8-6-9-17(11-16)23-19(24)12-21-18-10-5-7-14(3)15(18)4/h5-11,13,21H,12H2,1-4H3,(H,22,25)(H,23,24). The van der Waals surface area contributed by atoms with E-state index in [0.29, 0.717) is 11.3 Å². The van der Waals surface area contributed by atoms with E-state index in [1.807, 2.05) is 45.9 Å². The molecule has 0 bridgehead atoms. The summed E-state index contributed by atoms with van der Waals surface area (Å²) in [6.45, 7) is 8.03. The van der Waals surface area contributed by atoms with Gasteiger partial charge in [-0.1, -0.05) is 18.2 Å². The van der Waals surface area contributed by atoms with Crippen molar-refractivity contribution in [1.29, 1.82) is 0 Å². The van der Waals surface area contributed by atoms with Gasteiger partial charge in [0.25, 0.3) is 5.91 Å². The highest BCUT2D eigenvalue weighted by molar-refractivity contribution is 5.98. The van der Waals surface area contributed by atoms with Crippen molar-refractivity contribution in [1.82, 2.24) is 5.32 Å². The van der Waals surface area contributed by atoms with Crippen molar-refractivity contribution < 1.29 is 9.59 Å². The van der Waals surface area contributed by atoms with Gasteiger partial charge in [0.05, 0.1) is 6.54 Å². The van der Waals surface area contributed by atoms with Gasteiger partial charge in [0.1, 0.15) is 0 Å². The van der Waals surface area contributed by atoms with Crippen LogP contribution in [0.25, 0.3) is 0 Å². The van der Waals surface area contributed by atoms with Crippen LogP contribution in [0.2, 0.25) is 0 Å². The van der Waals surface area contributed by atoms with Crippen molar-refractivity contribution in [2.75, 3.05) is 17.2 Å². The van der Waals surface area contributed by atoms with Gasteiger partial charge in [-0.3, -0.25) is 9.59 Å². The molecule has 0 fully saturated rings. The molecule has 0 heterocycles. The molecule has 0 saturated heterocycles. The van der Waals surface area contributed by atoms with E-state index in [9.17, 15) is 9.59 Å². The molecule has 0 aromatic heterocycles. The Balaban J connectivity index is 1.96. The van der Waals surface area contributed by atoms with Crippen LogP contribution in [0, 0.1) is 13.8 Å². The first-order valence-electron chi connectivity index (χ1n) is 8.37. The van der Waals surface area contributed by atoms with Crippen molar-refractivity contribution in [3.8, 4) is 0 Å². The minimum absolute atomic E-state index is 0.0625. The third kappa shape index (κ3) is 5.35. The van der Waals surface area contributed by atoms with E-state index in [1.165, 1.54) is 5.56 Å². The summed E-state index contributed by atoms with van der Waals surface area (Å²) in [5.41, 5.74) is 4.37. The second-order valence-electron chi connectivity index (χ2n) is 6.36. The Kier molecular flexibility index (Phi) is 6.17. The van der Waals surface area contributed by atoms with Crippen LogP contribution in [0.1, 0.15) is 35.3 Å². The number of aryl methyl sites for hydroxylation is 1. The smallest absolute Gasteiger partial charge is 0.251 e. The van der Waals surface area contributed by atoms with Crippen LogP contribution < -0.4 is 16.0 Å². The number of hydrogen-bond acceptors (Lipinski definition) is 3. The maximum atomic E-state index is 12.2. The molecule has 2 aromatic rings. The second-order valence-corrected chi connectivity index (χ2v) is 6.36. The van der Waals surface area contributed by atoms with Gasteiger partial charge in [-0.25, -0.2) is 0 Å². The summed E-state index contributed by atoms with van der Waals surface area (Å²) in [7, 11) is 0. The van der Waals surface area contributed by atoms with Crippen LogP contribution in [-0.2, 0) is 4.79 Å². The Morgan fingerprint density at radius 2 is 1.76 bits per heavy atom. The quantitative estimate of drug-likeness (QED) is 0.754. The van der Waals surface area contributed by atoms with E-state index in [0.717, 1.165) is 11.3 Å². The molecule has 5 heteroatoms. The minimum atomic E-state index is -0.165. The van der Waals surface area contributed by atoms with Gasteiger partial charge < -0.3 is 16.0 Å². The SMILES string of the molecule is Cc1cccc(NCC(=O)Nc2cccc(C(=O)NC(C)C)c2)c1C. The molecule has 0 unspecified atom stereocenters. The summed E-state index contributed by atoms with van der Waals surface area (Å²) in [6, 6.07) is 12.9. The maximum absolute atomic E-state index is 12.2. The Bertz CT molecular complexity index is 769. The zero-order chi connectivity index (χ0) is 18.4. The Hall–Kier alpha value is -2.82. The lowest BCUT2D eigenvalue weighted by Crippen LogP contribution is -2.30. The molecule has 0 saturated carbocycles. The molecular weight excluding hydrogens is 314 g/mol. The first kappa shape index (κ1) is 18.5. The van der Waals surface area contributed by atoms with Gasteiger partial charge in [0, 0.05) is 23.0 Å². The molecule has 0 atom stereocenters. The van der Waals surface area contributed by atoms with E-state index in [-0.39, 0.29) is 24.4 Å². The van der Waals surface area contributed by atoms with E-state index < -0.39 is 0 Å². The van der Waals surface area contributed by atoms with E-state index in [2.05, 4.69) is 16.0 Å². The summed E-state index contributed by atoms with van der Waals surface area (Å²) in [6.07, 6.45) is 0. The van der Waals surface area contributed by atoms with E-state index in [1.54, 1.807) is 24.3 Å². The van der Waals surface area contributed by atoms with Crippen molar-refractivity contribution in [2.45, 2.75) is 33.7 Å². The van der Waals surface area contributed by atoms with Crippen molar-refractivity contribution in [2.24, 2.45) is 0 Å². The Labute approximate surface area is 148 Å². The Morgan fingerprint density at radius 1 is 1.04 bits per heavy atom. The van der Waals surface area contributed by atoms with Crippen LogP contribution >= 0.6 is 0 Å². The summed E-state index contributed by atoms with van der Waals surface area (Å²) in [5, 5.41) is 8.79. The molecule has 0 radical (unpaired) electrons. The maximum Gasteiger partial charge on any atom is 0.251 e. The molecule has 2 rings (SSSR count). The number of amides is 2. The number of anilines is 2. The minimum Gasteiger partial charge on any atom is -0.376 e. The van der Waals surface area contributed by atoms with Gasteiger partial charge >= 0.3 is 0 Å². The third-order valence-electron chi connectivity index (χ3n) is 3.87. The number of carbonyl (C=O) groups is 2. The number of carbonyl (C=O) groups excluding carboxylic acids is 2. The van der Waals surface area contributed by atoms with E-state index in [4.69, 9.17) is 0 Å². The van der Waals surface area contributed by atoms with Crippen molar-refractivity contribution >= 4 is 23.2 Å². The average molecular weight is 339 g/mol. The summed E-state index contributed by atoms with van der Waals surface area (Å²) in [5.74, 6) is -0.318. The van der Waals surface area contributed by atoms with Crippen LogP contribution in [0.4, 0.5) is 11.4 Å². The third-order valence-corrected chi connectivity index (χ3v) is 3.87. The molecule has 0 aliphatic carbocycles. The number of rotatable bonds is 6. The molecule has 2 aromatic carbocycles. The molecule has 0 aliphatic heterocycles. The van der Waals surface area contributed by atoms with Gasteiger partial charge in [0.15, 0.2) is 0 Å². The number of nitrogens with one attached hydrogen (secondary N) is 3. The first-order chi connectivity index (χ1) is 11.9. The summed E-state index contributed by atoms with van der Waals surface area (Å²) < 4.78 is 0. The average Bonchev–Trinajstić information content (AvgIpc) is 2.56. The fraction of sp³-hybridized carbons (Fsp3) is 0.300. The van der Waals surface area contributed by atoms with Crippen molar-refractivity contribution in [3.05, 3.63) is 59.2 Å². The monoisotopic (exact) mass is 339 g/mol. The van der Waals surface area contributed by atoms with Gasteiger partial charge in [-0.15, -0.1) is 0 Å². The fourth-order valence-corrected chi connectivity index (χ4v) is 2.41. The molecule has 2 amide bonds. The molecule has 3 N–H and O–H groups in total. The molecule has 0 spiro atoms. The number of hydrogen-bond donors (Lipinski definition) is 3. The predicted molar refractivity (Wildman–Crippen MR) is 102 cm³/mol. The molecule has 5 nitrogen and oxygen atoms in total. The topological polar surface area (TPSA) is 70.2 Å². The lowest BCUT2D eigenvalue weighted by molar-refractivity contribution is -0.114.